The molecule has 0 aliphatic carbocycles. The zero-order chi connectivity index (χ0) is 17.0. The van der Waals surface area contributed by atoms with Crippen molar-refractivity contribution < 1.29 is 19.1 Å². The smallest absolute Gasteiger partial charge is 0.412 e. The largest absolute Gasteiger partial charge is 0.444 e. The molecule has 0 N–H and O–H groups in total. The highest BCUT2D eigenvalue weighted by atomic mass is 16.6. The third-order valence-corrected chi connectivity index (χ3v) is 3.96. The topological polar surface area (TPSA) is 55.8 Å². The molecule has 5 heteroatoms. The van der Waals surface area contributed by atoms with Crippen LogP contribution in [0.4, 0.5) is 4.79 Å². The van der Waals surface area contributed by atoms with Gasteiger partial charge >= 0.3 is 6.09 Å². The fourth-order valence-corrected chi connectivity index (χ4v) is 3.00. The van der Waals surface area contributed by atoms with Crippen molar-refractivity contribution in [3.8, 4) is 0 Å². The van der Waals surface area contributed by atoms with Crippen LogP contribution in [0.2, 0.25) is 0 Å². The van der Waals surface area contributed by atoms with Crippen LogP contribution < -0.4 is 0 Å². The molecule has 0 aromatic heterocycles. The molecule has 0 spiro atoms. The maximum absolute atomic E-state index is 12.6. The molecule has 0 bridgehead atoms. The normalized spacial score (nSPS) is 23.1. The van der Waals surface area contributed by atoms with Gasteiger partial charge < -0.3 is 14.3 Å². The molecule has 1 saturated heterocycles. The van der Waals surface area contributed by atoms with Gasteiger partial charge in [0.15, 0.2) is 6.29 Å². The lowest BCUT2D eigenvalue weighted by molar-refractivity contribution is -0.123. The van der Waals surface area contributed by atoms with Crippen LogP contribution in [0.1, 0.15) is 39.7 Å². The maximum Gasteiger partial charge on any atom is 0.412 e. The van der Waals surface area contributed by atoms with E-state index in [-0.39, 0.29) is 12.6 Å². The summed E-state index contributed by atoms with van der Waals surface area (Å²) in [6.45, 7) is 7.88. The third-order valence-electron chi connectivity index (χ3n) is 3.96. The Morgan fingerprint density at radius 2 is 2.00 bits per heavy atom. The Kier molecular flexibility index (Phi) is 5.42. The summed E-state index contributed by atoms with van der Waals surface area (Å²) >= 11 is 0. The first-order valence-electron chi connectivity index (χ1n) is 7.98. The Hall–Kier alpha value is -1.88. The predicted octanol–water partition coefficient (Wildman–Crippen LogP) is 3.37. The second-order valence-corrected chi connectivity index (χ2v) is 6.77. The molecule has 1 amide bonds. The van der Waals surface area contributed by atoms with Crippen LogP contribution >= 0.6 is 0 Å². The second kappa shape index (κ2) is 7.13. The molecule has 0 radical (unpaired) electrons. The molecule has 2 rings (SSSR count). The van der Waals surface area contributed by atoms with Gasteiger partial charge in [0.25, 0.3) is 0 Å². The molecule has 1 heterocycles. The molecule has 2 atom stereocenters. The first kappa shape index (κ1) is 17.5. The maximum atomic E-state index is 12.6. The van der Waals surface area contributed by atoms with E-state index < -0.39 is 17.9 Å². The molecular weight excluding hydrogens is 294 g/mol. The van der Waals surface area contributed by atoms with Crippen LogP contribution in [-0.2, 0) is 20.9 Å². The van der Waals surface area contributed by atoms with Crippen molar-refractivity contribution in [1.29, 1.82) is 0 Å². The molecule has 1 aromatic rings. The Labute approximate surface area is 137 Å². The summed E-state index contributed by atoms with van der Waals surface area (Å²) in [6, 6.07) is 9.21. The summed E-state index contributed by atoms with van der Waals surface area (Å²) in [5.74, 6) is 0.337. The lowest BCUT2D eigenvalue weighted by atomic mass is 9.99. The van der Waals surface area contributed by atoms with Crippen molar-refractivity contribution in [2.75, 3.05) is 0 Å². The van der Waals surface area contributed by atoms with Gasteiger partial charge in [-0.15, -0.1) is 0 Å². The molecule has 1 aliphatic heterocycles. The average Bonchev–Trinajstić information content (AvgIpc) is 2.75. The molecule has 1 aliphatic rings. The van der Waals surface area contributed by atoms with Crippen molar-refractivity contribution in [2.24, 2.45) is 5.92 Å². The van der Waals surface area contributed by atoms with E-state index in [0.29, 0.717) is 12.3 Å². The van der Waals surface area contributed by atoms with Crippen LogP contribution in [0.15, 0.2) is 30.3 Å². The van der Waals surface area contributed by atoms with Crippen molar-refractivity contribution in [1.82, 2.24) is 4.90 Å². The van der Waals surface area contributed by atoms with Gasteiger partial charge in [0.2, 0.25) is 0 Å². The average molecular weight is 319 g/mol. The number of rotatable bonds is 5. The van der Waals surface area contributed by atoms with Gasteiger partial charge in [-0.1, -0.05) is 44.2 Å². The van der Waals surface area contributed by atoms with E-state index in [2.05, 4.69) is 13.8 Å². The summed E-state index contributed by atoms with van der Waals surface area (Å²) < 4.78 is 11.2. The number of hydrogen-bond acceptors (Lipinski definition) is 4. The van der Waals surface area contributed by atoms with Gasteiger partial charge in [-0.2, -0.15) is 0 Å². The van der Waals surface area contributed by atoms with E-state index in [1.54, 1.807) is 18.7 Å². The number of hydrogen-bond donors (Lipinski definition) is 0. The lowest BCUT2D eigenvalue weighted by Crippen LogP contribution is -2.49. The van der Waals surface area contributed by atoms with E-state index in [1.165, 1.54) is 0 Å². The number of ether oxygens (including phenoxy) is 2. The van der Waals surface area contributed by atoms with Crippen LogP contribution in [0, 0.1) is 5.92 Å². The van der Waals surface area contributed by atoms with E-state index in [1.807, 2.05) is 30.3 Å². The first-order chi connectivity index (χ1) is 10.8. The Bertz CT molecular complexity index is 541. The number of nitrogens with zero attached hydrogens (tertiary/aromatic N) is 1. The lowest BCUT2D eigenvalue weighted by Gasteiger charge is -2.33. The van der Waals surface area contributed by atoms with Crippen LogP contribution in [0.25, 0.3) is 0 Å². The van der Waals surface area contributed by atoms with Crippen LogP contribution in [0.3, 0.4) is 0 Å². The number of amides is 1. The standard InChI is InChI=1S/C18H25NO4/c1-13(2)10-15-16(11-20)23-18(3,4)19(15)17(21)22-12-14-8-6-5-7-9-14/h5-9,11,13,15-16H,10,12H2,1-4H3/t15-,16-/m0/s1. The molecule has 5 nitrogen and oxygen atoms in total. The monoisotopic (exact) mass is 319 g/mol. The number of aldehydes is 1. The minimum atomic E-state index is -0.862. The van der Waals surface area contributed by atoms with E-state index in [0.717, 1.165) is 11.8 Å². The van der Waals surface area contributed by atoms with E-state index in [9.17, 15) is 9.59 Å². The Morgan fingerprint density at radius 1 is 1.35 bits per heavy atom. The van der Waals surface area contributed by atoms with E-state index >= 15 is 0 Å². The zero-order valence-corrected chi connectivity index (χ0v) is 14.2. The Morgan fingerprint density at radius 3 is 2.57 bits per heavy atom. The Balaban J connectivity index is 2.12. The minimum absolute atomic E-state index is 0.201. The third kappa shape index (κ3) is 4.10. The van der Waals surface area contributed by atoms with E-state index in [4.69, 9.17) is 9.47 Å². The minimum Gasteiger partial charge on any atom is -0.444 e. The zero-order valence-electron chi connectivity index (χ0n) is 14.2. The van der Waals surface area contributed by atoms with Crippen molar-refractivity contribution >= 4 is 12.4 Å². The second-order valence-electron chi connectivity index (χ2n) is 6.77. The highest BCUT2D eigenvalue weighted by Gasteiger charge is 2.50. The summed E-state index contributed by atoms with van der Waals surface area (Å²) in [5, 5.41) is 0. The predicted molar refractivity (Wildman–Crippen MR) is 86.7 cm³/mol. The van der Waals surface area contributed by atoms with Crippen molar-refractivity contribution in [2.45, 2.75) is 58.6 Å². The molecule has 1 fully saturated rings. The molecule has 23 heavy (non-hydrogen) atoms. The highest BCUT2D eigenvalue weighted by Crippen LogP contribution is 2.35. The van der Waals surface area contributed by atoms with Crippen LogP contribution in [0.5, 0.6) is 0 Å². The number of carbonyl (C=O) groups is 2. The highest BCUT2D eigenvalue weighted by molar-refractivity contribution is 5.71. The fourth-order valence-electron chi connectivity index (χ4n) is 3.00. The van der Waals surface area contributed by atoms with Crippen LogP contribution in [-0.4, -0.2) is 35.2 Å². The fraction of sp³-hybridized carbons (Fsp3) is 0.556. The molecular formula is C18H25NO4. The number of benzene rings is 1. The van der Waals surface area contributed by atoms with Crippen molar-refractivity contribution in [3.63, 3.8) is 0 Å². The molecule has 0 saturated carbocycles. The van der Waals surface area contributed by atoms with Gasteiger partial charge in [0.1, 0.15) is 18.4 Å². The molecule has 0 unspecified atom stereocenters. The summed E-state index contributed by atoms with van der Waals surface area (Å²) in [5.41, 5.74) is 0.0601. The van der Waals surface area contributed by atoms with Gasteiger partial charge in [-0.05, 0) is 31.7 Å². The van der Waals surface area contributed by atoms with Crippen molar-refractivity contribution in [3.05, 3.63) is 35.9 Å². The van der Waals surface area contributed by atoms with Gasteiger partial charge in [0.05, 0.1) is 6.04 Å². The van der Waals surface area contributed by atoms with Gasteiger partial charge in [0, 0.05) is 0 Å². The summed E-state index contributed by atoms with van der Waals surface area (Å²) in [6.07, 6.45) is 0.401. The molecule has 1 aromatic carbocycles. The first-order valence-corrected chi connectivity index (χ1v) is 7.98. The number of carbonyl (C=O) groups excluding carboxylic acids is 2. The SMILES string of the molecule is CC(C)C[C@H]1[C@H](C=O)OC(C)(C)N1C(=O)OCc1ccccc1. The van der Waals surface area contributed by atoms with Gasteiger partial charge in [-0.3, -0.25) is 4.90 Å². The molecule has 126 valence electrons. The summed E-state index contributed by atoms with van der Waals surface area (Å²) in [7, 11) is 0. The quantitative estimate of drug-likeness (QED) is 0.781. The summed E-state index contributed by atoms with van der Waals surface area (Å²) in [4.78, 5) is 25.5. The van der Waals surface area contributed by atoms with Gasteiger partial charge in [-0.25, -0.2) is 4.79 Å².